The molecular formula is C16H26N2O2. The van der Waals surface area contributed by atoms with Gasteiger partial charge in [-0.05, 0) is 30.4 Å². The lowest BCUT2D eigenvalue weighted by molar-refractivity contribution is 0.0934. The second-order valence-electron chi connectivity index (χ2n) is 6.13. The SMILES string of the molecule is CCOc1cccc(N)c1C(=O)NCC(C)C(C)(C)C. The lowest BCUT2D eigenvalue weighted by atomic mass is 9.82. The number of amides is 1. The summed E-state index contributed by atoms with van der Waals surface area (Å²) < 4.78 is 5.47. The number of hydrogen-bond acceptors (Lipinski definition) is 3. The van der Waals surface area contributed by atoms with Gasteiger partial charge in [-0.15, -0.1) is 0 Å². The molecule has 0 saturated heterocycles. The van der Waals surface area contributed by atoms with Crippen molar-refractivity contribution in [3.8, 4) is 5.75 Å². The van der Waals surface area contributed by atoms with Crippen LogP contribution in [-0.2, 0) is 0 Å². The predicted octanol–water partition coefficient (Wildman–Crippen LogP) is 3.08. The molecule has 20 heavy (non-hydrogen) atoms. The third kappa shape index (κ3) is 4.15. The van der Waals surface area contributed by atoms with Crippen molar-refractivity contribution in [1.29, 1.82) is 0 Å². The predicted molar refractivity (Wildman–Crippen MR) is 83.0 cm³/mol. The first-order chi connectivity index (χ1) is 9.27. The van der Waals surface area contributed by atoms with Crippen molar-refractivity contribution in [3.63, 3.8) is 0 Å². The number of rotatable bonds is 5. The Hall–Kier alpha value is -1.71. The van der Waals surface area contributed by atoms with E-state index in [-0.39, 0.29) is 11.3 Å². The summed E-state index contributed by atoms with van der Waals surface area (Å²) in [5.74, 6) is 0.725. The third-order valence-corrected chi connectivity index (χ3v) is 3.63. The van der Waals surface area contributed by atoms with E-state index in [0.29, 0.717) is 36.1 Å². The topological polar surface area (TPSA) is 64.3 Å². The summed E-state index contributed by atoms with van der Waals surface area (Å²) in [5.41, 5.74) is 6.92. The first-order valence-electron chi connectivity index (χ1n) is 7.06. The molecule has 3 N–H and O–H groups in total. The molecule has 0 heterocycles. The molecule has 0 aromatic heterocycles. The maximum Gasteiger partial charge on any atom is 0.257 e. The van der Waals surface area contributed by atoms with Crippen molar-refractivity contribution in [1.82, 2.24) is 5.32 Å². The van der Waals surface area contributed by atoms with Crippen LogP contribution < -0.4 is 15.8 Å². The molecule has 0 bridgehead atoms. The Morgan fingerprint density at radius 3 is 2.60 bits per heavy atom. The zero-order chi connectivity index (χ0) is 15.3. The summed E-state index contributed by atoms with van der Waals surface area (Å²) in [6, 6.07) is 5.27. The van der Waals surface area contributed by atoms with Gasteiger partial charge in [-0.2, -0.15) is 0 Å². The monoisotopic (exact) mass is 278 g/mol. The number of benzene rings is 1. The molecule has 0 radical (unpaired) electrons. The van der Waals surface area contributed by atoms with Gasteiger partial charge in [-0.1, -0.05) is 33.8 Å². The van der Waals surface area contributed by atoms with E-state index in [1.165, 1.54) is 0 Å². The minimum absolute atomic E-state index is 0.151. The van der Waals surface area contributed by atoms with E-state index in [4.69, 9.17) is 10.5 Å². The lowest BCUT2D eigenvalue weighted by Crippen LogP contribution is -2.34. The first kappa shape index (κ1) is 16.3. The van der Waals surface area contributed by atoms with Gasteiger partial charge in [0.1, 0.15) is 11.3 Å². The number of nitrogens with two attached hydrogens (primary N) is 1. The van der Waals surface area contributed by atoms with E-state index in [1.54, 1.807) is 18.2 Å². The summed E-state index contributed by atoms with van der Waals surface area (Å²) in [4.78, 5) is 12.3. The molecule has 0 aliphatic rings. The molecule has 1 atom stereocenters. The van der Waals surface area contributed by atoms with Crippen LogP contribution in [0.15, 0.2) is 18.2 Å². The van der Waals surface area contributed by atoms with Gasteiger partial charge < -0.3 is 15.8 Å². The fraction of sp³-hybridized carbons (Fsp3) is 0.562. The van der Waals surface area contributed by atoms with Crippen LogP contribution in [0.5, 0.6) is 5.75 Å². The third-order valence-electron chi connectivity index (χ3n) is 3.63. The van der Waals surface area contributed by atoms with E-state index in [9.17, 15) is 4.79 Å². The molecule has 0 saturated carbocycles. The van der Waals surface area contributed by atoms with E-state index >= 15 is 0 Å². The number of carbonyl (C=O) groups excluding carboxylic acids is 1. The van der Waals surface area contributed by atoms with Gasteiger partial charge >= 0.3 is 0 Å². The highest BCUT2D eigenvalue weighted by Crippen LogP contribution is 2.26. The Morgan fingerprint density at radius 1 is 1.40 bits per heavy atom. The highest BCUT2D eigenvalue weighted by atomic mass is 16.5. The molecule has 4 heteroatoms. The quantitative estimate of drug-likeness (QED) is 0.813. The molecule has 1 aromatic rings. The zero-order valence-electron chi connectivity index (χ0n) is 13.1. The molecule has 4 nitrogen and oxygen atoms in total. The summed E-state index contributed by atoms with van der Waals surface area (Å²) in [6.07, 6.45) is 0. The highest BCUT2D eigenvalue weighted by molar-refractivity contribution is 6.01. The number of nitrogens with one attached hydrogen (secondary N) is 1. The first-order valence-corrected chi connectivity index (χ1v) is 7.06. The van der Waals surface area contributed by atoms with E-state index in [2.05, 4.69) is 33.0 Å². The van der Waals surface area contributed by atoms with Crippen LogP contribution >= 0.6 is 0 Å². The molecular weight excluding hydrogens is 252 g/mol. The van der Waals surface area contributed by atoms with Crippen LogP contribution in [0.4, 0.5) is 5.69 Å². The van der Waals surface area contributed by atoms with Crippen molar-refractivity contribution in [2.75, 3.05) is 18.9 Å². The Morgan fingerprint density at radius 2 is 2.05 bits per heavy atom. The van der Waals surface area contributed by atoms with Gasteiger partial charge in [0.25, 0.3) is 5.91 Å². The Balaban J connectivity index is 2.82. The molecule has 0 aliphatic heterocycles. The van der Waals surface area contributed by atoms with Gasteiger partial charge in [0.15, 0.2) is 0 Å². The lowest BCUT2D eigenvalue weighted by Gasteiger charge is -2.27. The number of anilines is 1. The molecule has 1 amide bonds. The Labute approximate surface area is 121 Å². The minimum atomic E-state index is -0.178. The summed E-state index contributed by atoms with van der Waals surface area (Å²) in [6.45, 7) is 11.6. The van der Waals surface area contributed by atoms with Crippen LogP contribution in [0.25, 0.3) is 0 Å². The molecule has 1 rings (SSSR count). The Kier molecular flexibility index (Phi) is 5.43. The highest BCUT2D eigenvalue weighted by Gasteiger charge is 2.22. The smallest absolute Gasteiger partial charge is 0.257 e. The van der Waals surface area contributed by atoms with Crippen molar-refractivity contribution in [3.05, 3.63) is 23.8 Å². The number of carbonyl (C=O) groups is 1. The summed E-state index contributed by atoms with van der Waals surface area (Å²) >= 11 is 0. The molecule has 1 unspecified atom stereocenters. The number of nitrogen functional groups attached to an aromatic ring is 1. The van der Waals surface area contributed by atoms with Gasteiger partial charge in [-0.3, -0.25) is 4.79 Å². The van der Waals surface area contributed by atoms with Crippen LogP contribution in [0.1, 0.15) is 45.0 Å². The molecule has 0 fully saturated rings. The number of hydrogen-bond donors (Lipinski definition) is 2. The Bertz CT molecular complexity index is 464. The summed E-state index contributed by atoms with van der Waals surface area (Å²) in [7, 11) is 0. The van der Waals surface area contributed by atoms with Gasteiger partial charge in [0.2, 0.25) is 0 Å². The van der Waals surface area contributed by atoms with Crippen molar-refractivity contribution < 1.29 is 9.53 Å². The van der Waals surface area contributed by atoms with Gasteiger partial charge in [0, 0.05) is 12.2 Å². The van der Waals surface area contributed by atoms with Crippen LogP contribution in [0.3, 0.4) is 0 Å². The molecule has 0 spiro atoms. The standard InChI is InChI=1S/C16H26N2O2/c1-6-20-13-9-7-8-12(17)14(13)15(19)18-10-11(2)16(3,4)5/h7-9,11H,6,10,17H2,1-5H3,(H,18,19). The van der Waals surface area contributed by atoms with Crippen LogP contribution in [0, 0.1) is 11.3 Å². The fourth-order valence-electron chi connectivity index (χ4n) is 1.71. The van der Waals surface area contributed by atoms with Crippen LogP contribution in [-0.4, -0.2) is 19.1 Å². The average Bonchev–Trinajstić information content (AvgIpc) is 2.35. The second kappa shape index (κ2) is 6.64. The van der Waals surface area contributed by atoms with Gasteiger partial charge in [-0.25, -0.2) is 0 Å². The second-order valence-corrected chi connectivity index (χ2v) is 6.13. The van der Waals surface area contributed by atoms with E-state index in [0.717, 1.165) is 0 Å². The van der Waals surface area contributed by atoms with Crippen LogP contribution in [0.2, 0.25) is 0 Å². The van der Waals surface area contributed by atoms with E-state index in [1.807, 2.05) is 6.92 Å². The van der Waals surface area contributed by atoms with Crippen molar-refractivity contribution in [2.24, 2.45) is 11.3 Å². The molecule has 112 valence electrons. The number of ether oxygens (including phenoxy) is 1. The zero-order valence-corrected chi connectivity index (χ0v) is 13.1. The normalized spacial score (nSPS) is 12.8. The summed E-state index contributed by atoms with van der Waals surface area (Å²) in [5, 5.41) is 2.95. The maximum absolute atomic E-state index is 12.3. The molecule has 1 aromatic carbocycles. The average molecular weight is 278 g/mol. The molecule has 0 aliphatic carbocycles. The van der Waals surface area contributed by atoms with E-state index < -0.39 is 0 Å². The minimum Gasteiger partial charge on any atom is -0.493 e. The van der Waals surface area contributed by atoms with Crippen molar-refractivity contribution >= 4 is 11.6 Å². The fourth-order valence-corrected chi connectivity index (χ4v) is 1.71. The van der Waals surface area contributed by atoms with Gasteiger partial charge in [0.05, 0.1) is 6.61 Å². The van der Waals surface area contributed by atoms with Crippen molar-refractivity contribution in [2.45, 2.75) is 34.6 Å². The largest absolute Gasteiger partial charge is 0.493 e. The maximum atomic E-state index is 12.3.